The fraction of sp³-hybridized carbons (Fsp3) is 0.235. The first-order chi connectivity index (χ1) is 13.0. The Kier molecular flexibility index (Phi) is 3.97. The minimum absolute atomic E-state index is 0.0235. The van der Waals surface area contributed by atoms with Crippen LogP contribution in [-0.2, 0) is 33.5 Å². The van der Waals surface area contributed by atoms with Crippen molar-refractivity contribution in [2.24, 2.45) is 12.2 Å². The number of nitrogens with two attached hydrogens (primary N) is 1. The number of nitrogens with zero attached hydrogens (tertiary/aromatic N) is 2. The molecule has 0 aliphatic carbocycles. The largest absolute Gasteiger partial charge is 0.419 e. The summed E-state index contributed by atoms with van der Waals surface area (Å²) in [4.78, 5) is 11.6. The third kappa shape index (κ3) is 2.74. The van der Waals surface area contributed by atoms with Crippen molar-refractivity contribution in [3.8, 4) is 0 Å². The Hall–Kier alpha value is -2.63. The highest BCUT2D eigenvalue weighted by Crippen LogP contribution is 2.38. The number of hydrogen-bond acceptors (Lipinski definition) is 6. The zero-order valence-electron chi connectivity index (χ0n) is 15.0. The van der Waals surface area contributed by atoms with Gasteiger partial charge in [-0.25, -0.2) is 26.8 Å². The molecule has 4 rings (SSSR count). The van der Waals surface area contributed by atoms with Gasteiger partial charge >= 0.3 is 5.76 Å². The van der Waals surface area contributed by atoms with E-state index in [0.29, 0.717) is 23.2 Å². The summed E-state index contributed by atoms with van der Waals surface area (Å²) >= 11 is 0. The topological polar surface area (TPSA) is 133 Å². The van der Waals surface area contributed by atoms with Crippen LogP contribution >= 0.6 is 0 Å². The highest BCUT2D eigenvalue weighted by Gasteiger charge is 2.37. The van der Waals surface area contributed by atoms with Crippen LogP contribution in [0.2, 0.25) is 0 Å². The van der Waals surface area contributed by atoms with Crippen LogP contribution in [0.5, 0.6) is 0 Å². The lowest BCUT2D eigenvalue weighted by Crippen LogP contribution is -2.35. The molecule has 1 aliphatic heterocycles. The van der Waals surface area contributed by atoms with Crippen LogP contribution in [-0.4, -0.2) is 27.4 Å². The van der Waals surface area contributed by atoms with Gasteiger partial charge in [-0.15, -0.1) is 0 Å². The van der Waals surface area contributed by atoms with Crippen LogP contribution < -0.4 is 15.2 Å². The summed E-state index contributed by atoms with van der Waals surface area (Å²) < 4.78 is 57.3. The molecule has 0 saturated carbocycles. The molecule has 28 heavy (non-hydrogen) atoms. The highest BCUT2D eigenvalue weighted by molar-refractivity contribution is 7.93. The van der Waals surface area contributed by atoms with Crippen molar-refractivity contribution >= 4 is 36.8 Å². The molecule has 0 radical (unpaired) electrons. The van der Waals surface area contributed by atoms with Crippen LogP contribution in [0.1, 0.15) is 12.5 Å². The van der Waals surface area contributed by atoms with E-state index in [2.05, 4.69) is 0 Å². The first-order valence-corrected chi connectivity index (χ1v) is 11.3. The van der Waals surface area contributed by atoms with E-state index in [0.717, 1.165) is 0 Å². The quantitative estimate of drug-likeness (QED) is 0.666. The summed E-state index contributed by atoms with van der Waals surface area (Å²) in [5.74, 6) is -0.583. The highest BCUT2D eigenvalue weighted by atomic mass is 32.2. The number of rotatable bonds is 3. The van der Waals surface area contributed by atoms with Gasteiger partial charge in [-0.2, -0.15) is 0 Å². The predicted molar refractivity (Wildman–Crippen MR) is 102 cm³/mol. The van der Waals surface area contributed by atoms with Crippen molar-refractivity contribution in [2.75, 3.05) is 4.31 Å². The molecule has 3 aromatic rings. The number of sulfonamides is 2. The summed E-state index contributed by atoms with van der Waals surface area (Å²) in [5.41, 5.74) is 1.63. The predicted octanol–water partition coefficient (Wildman–Crippen LogP) is 0.919. The molecule has 1 atom stereocenters. The first-order valence-electron chi connectivity index (χ1n) is 8.30. The molecule has 1 aliphatic rings. The van der Waals surface area contributed by atoms with Crippen LogP contribution in [0.15, 0.2) is 55.4 Å². The van der Waals surface area contributed by atoms with Gasteiger partial charge in [0.15, 0.2) is 5.58 Å². The monoisotopic (exact) mass is 423 g/mol. The average Bonchev–Trinajstić information content (AvgIpc) is 3.09. The van der Waals surface area contributed by atoms with Gasteiger partial charge in [-0.3, -0.25) is 8.87 Å². The molecule has 2 aromatic carbocycles. The van der Waals surface area contributed by atoms with E-state index in [4.69, 9.17) is 9.56 Å². The van der Waals surface area contributed by atoms with Crippen LogP contribution in [0.4, 0.5) is 5.69 Å². The van der Waals surface area contributed by atoms with E-state index in [9.17, 15) is 21.6 Å². The van der Waals surface area contributed by atoms with Crippen LogP contribution in [0, 0.1) is 0 Å². The number of benzene rings is 2. The molecule has 1 unspecified atom stereocenters. The van der Waals surface area contributed by atoms with Gasteiger partial charge in [0.25, 0.3) is 10.0 Å². The SMILES string of the molecule is CC1Cc2cc(S(N)(=O)=O)ccc2N1S(=O)(=O)c1ccc2c(c1)oc(=O)n2C. The molecule has 0 bridgehead atoms. The summed E-state index contributed by atoms with van der Waals surface area (Å²) in [6.45, 7) is 1.73. The molecule has 0 saturated heterocycles. The van der Waals surface area contributed by atoms with Gasteiger partial charge in [0.1, 0.15) is 0 Å². The third-order valence-corrected chi connectivity index (χ3v) is 7.69. The van der Waals surface area contributed by atoms with Crippen molar-refractivity contribution in [3.63, 3.8) is 0 Å². The maximum atomic E-state index is 13.3. The Morgan fingerprint density at radius 2 is 1.75 bits per heavy atom. The molecule has 0 amide bonds. The van der Waals surface area contributed by atoms with E-state index in [1.807, 2.05) is 0 Å². The van der Waals surface area contributed by atoms with Gasteiger partial charge in [0.2, 0.25) is 10.0 Å². The standard InChI is InChI=1S/C17H17N3O6S2/c1-10-7-11-8-12(27(18,22)23)3-5-14(11)20(10)28(24,25)13-4-6-15-16(9-13)26-17(21)19(15)2/h3-6,8-10H,7H2,1-2H3,(H2,18,22,23). The second-order valence-corrected chi connectivity index (χ2v) is 10.1. The number of primary sulfonamides is 1. The van der Waals surface area contributed by atoms with E-state index in [1.54, 1.807) is 6.92 Å². The first kappa shape index (κ1) is 18.7. The lowest BCUT2D eigenvalue weighted by Gasteiger charge is -2.24. The molecule has 148 valence electrons. The summed E-state index contributed by atoms with van der Waals surface area (Å²) in [6.07, 6.45) is 0.348. The zero-order chi connectivity index (χ0) is 20.4. The van der Waals surface area contributed by atoms with E-state index in [1.165, 1.54) is 52.3 Å². The minimum atomic E-state index is -3.96. The summed E-state index contributed by atoms with van der Waals surface area (Å²) in [7, 11) is -6.32. The molecule has 0 fully saturated rings. The van der Waals surface area contributed by atoms with Crippen molar-refractivity contribution < 1.29 is 21.3 Å². The molecule has 9 nitrogen and oxygen atoms in total. The third-order valence-electron chi connectivity index (χ3n) is 4.85. The number of hydrogen-bond donors (Lipinski definition) is 1. The number of aromatic nitrogens is 1. The molecule has 2 N–H and O–H groups in total. The fourth-order valence-electron chi connectivity index (χ4n) is 3.51. The minimum Gasteiger partial charge on any atom is -0.408 e. The molecular formula is C17H17N3O6S2. The fourth-order valence-corrected chi connectivity index (χ4v) is 5.78. The lowest BCUT2D eigenvalue weighted by molar-refractivity contribution is 0.527. The Morgan fingerprint density at radius 3 is 2.43 bits per heavy atom. The molecular weight excluding hydrogens is 406 g/mol. The average molecular weight is 423 g/mol. The van der Waals surface area contributed by atoms with Crippen molar-refractivity contribution in [1.29, 1.82) is 0 Å². The Morgan fingerprint density at radius 1 is 1.07 bits per heavy atom. The number of aryl methyl sites for hydroxylation is 1. The summed E-state index contributed by atoms with van der Waals surface area (Å²) in [6, 6.07) is 7.95. The van der Waals surface area contributed by atoms with Gasteiger partial charge < -0.3 is 4.42 Å². The van der Waals surface area contributed by atoms with Gasteiger partial charge in [-0.05, 0) is 49.2 Å². The van der Waals surface area contributed by atoms with Crippen molar-refractivity contribution in [3.05, 3.63) is 52.5 Å². The van der Waals surface area contributed by atoms with Gasteiger partial charge in [0.05, 0.1) is 21.0 Å². The van der Waals surface area contributed by atoms with E-state index >= 15 is 0 Å². The number of fused-ring (bicyclic) bond motifs is 2. The normalized spacial score (nSPS) is 17.2. The maximum absolute atomic E-state index is 13.3. The van der Waals surface area contributed by atoms with E-state index < -0.39 is 31.8 Å². The van der Waals surface area contributed by atoms with Crippen molar-refractivity contribution in [1.82, 2.24) is 4.57 Å². The van der Waals surface area contributed by atoms with Crippen molar-refractivity contribution in [2.45, 2.75) is 29.2 Å². The molecule has 1 aromatic heterocycles. The number of anilines is 1. The molecule has 11 heteroatoms. The zero-order valence-corrected chi connectivity index (χ0v) is 16.6. The van der Waals surface area contributed by atoms with E-state index in [-0.39, 0.29) is 15.4 Å². The lowest BCUT2D eigenvalue weighted by atomic mass is 10.1. The van der Waals surface area contributed by atoms with Crippen LogP contribution in [0.25, 0.3) is 11.1 Å². The Labute approximate surface area is 161 Å². The molecule has 0 spiro atoms. The Balaban J connectivity index is 1.84. The van der Waals surface area contributed by atoms with Crippen LogP contribution in [0.3, 0.4) is 0 Å². The second-order valence-electron chi connectivity index (χ2n) is 6.75. The molecule has 2 heterocycles. The number of oxazole rings is 1. The summed E-state index contributed by atoms with van der Waals surface area (Å²) in [5, 5.41) is 5.17. The second kappa shape index (κ2) is 5.93. The smallest absolute Gasteiger partial charge is 0.408 e. The Bertz CT molecular complexity index is 1390. The van der Waals surface area contributed by atoms with Gasteiger partial charge in [0, 0.05) is 19.2 Å². The van der Waals surface area contributed by atoms with Gasteiger partial charge in [-0.1, -0.05) is 0 Å². The maximum Gasteiger partial charge on any atom is 0.419 e.